The Morgan fingerprint density at radius 2 is 1.81 bits per heavy atom. The first-order chi connectivity index (χ1) is 14.9. The summed E-state index contributed by atoms with van der Waals surface area (Å²) in [4.78, 5) is 40.5. The quantitative estimate of drug-likeness (QED) is 0.718. The third-order valence-corrected chi connectivity index (χ3v) is 7.28. The smallest absolute Gasteiger partial charge is 0.256 e. The van der Waals surface area contributed by atoms with E-state index in [1.165, 1.54) is 43.9 Å². The molecule has 0 radical (unpaired) electrons. The van der Waals surface area contributed by atoms with Gasteiger partial charge >= 0.3 is 0 Å². The van der Waals surface area contributed by atoms with Gasteiger partial charge in [0.1, 0.15) is 0 Å². The lowest BCUT2D eigenvalue weighted by molar-refractivity contribution is 0.0782. The average molecular weight is 438 g/mol. The summed E-state index contributed by atoms with van der Waals surface area (Å²) < 4.78 is 0. The molecule has 31 heavy (non-hydrogen) atoms. The lowest BCUT2D eigenvalue weighted by Gasteiger charge is -2.25. The molecule has 1 aliphatic carbocycles. The van der Waals surface area contributed by atoms with Crippen molar-refractivity contribution < 1.29 is 14.4 Å². The van der Waals surface area contributed by atoms with Crippen molar-refractivity contribution in [3.8, 4) is 0 Å². The molecule has 0 unspecified atom stereocenters. The predicted octanol–water partition coefficient (Wildman–Crippen LogP) is 4.54. The third-order valence-electron chi connectivity index (χ3n) is 6.15. The number of nitrogens with one attached hydrogen (secondary N) is 1. The van der Waals surface area contributed by atoms with E-state index in [1.807, 2.05) is 7.05 Å². The van der Waals surface area contributed by atoms with Gasteiger partial charge in [-0.05, 0) is 48.7 Å². The Kier molecular flexibility index (Phi) is 6.32. The van der Waals surface area contributed by atoms with E-state index >= 15 is 0 Å². The molecule has 2 aromatic carbocycles. The van der Waals surface area contributed by atoms with Crippen LogP contribution in [0.2, 0.25) is 0 Å². The van der Waals surface area contributed by atoms with Crippen LogP contribution in [-0.2, 0) is 0 Å². The Labute approximate surface area is 186 Å². The molecule has 0 spiro atoms. The topological polar surface area (TPSA) is 92.5 Å². The number of rotatable bonds is 5. The van der Waals surface area contributed by atoms with Crippen molar-refractivity contribution in [2.24, 2.45) is 11.7 Å². The van der Waals surface area contributed by atoms with Gasteiger partial charge in [0.15, 0.2) is 0 Å². The van der Waals surface area contributed by atoms with Gasteiger partial charge in [0.2, 0.25) is 5.91 Å². The van der Waals surface area contributed by atoms with E-state index < -0.39 is 5.91 Å². The second kappa shape index (κ2) is 9.14. The van der Waals surface area contributed by atoms with E-state index in [-0.39, 0.29) is 11.8 Å². The van der Waals surface area contributed by atoms with Crippen molar-refractivity contribution >= 4 is 35.2 Å². The SMILES string of the molecule is CN(CCC1CCCCC1)C(=O)c1ccc2c(c1)Sc1ccc(C(N)=O)cc1NC2=O. The van der Waals surface area contributed by atoms with Gasteiger partial charge < -0.3 is 16.0 Å². The first kappa shape index (κ1) is 21.4. The third kappa shape index (κ3) is 4.77. The molecule has 0 atom stereocenters. The first-order valence-electron chi connectivity index (χ1n) is 10.7. The maximum atomic E-state index is 13.0. The van der Waals surface area contributed by atoms with Crippen LogP contribution >= 0.6 is 11.8 Å². The summed E-state index contributed by atoms with van der Waals surface area (Å²) in [5.41, 5.74) is 7.31. The monoisotopic (exact) mass is 437 g/mol. The van der Waals surface area contributed by atoms with Crippen LogP contribution in [0.15, 0.2) is 46.2 Å². The van der Waals surface area contributed by atoms with Crippen LogP contribution in [0.3, 0.4) is 0 Å². The maximum absolute atomic E-state index is 13.0. The lowest BCUT2D eigenvalue weighted by atomic mass is 9.87. The molecule has 0 saturated heterocycles. The van der Waals surface area contributed by atoms with Crippen LogP contribution in [0, 0.1) is 5.92 Å². The van der Waals surface area contributed by atoms with Crippen molar-refractivity contribution in [1.82, 2.24) is 4.90 Å². The highest BCUT2D eigenvalue weighted by molar-refractivity contribution is 7.99. The number of hydrogen-bond donors (Lipinski definition) is 2. The molecule has 4 rings (SSSR count). The van der Waals surface area contributed by atoms with Gasteiger partial charge in [-0.25, -0.2) is 0 Å². The Hall–Kier alpha value is -2.80. The van der Waals surface area contributed by atoms with E-state index in [2.05, 4.69) is 5.32 Å². The zero-order valence-electron chi connectivity index (χ0n) is 17.6. The maximum Gasteiger partial charge on any atom is 0.256 e. The summed E-state index contributed by atoms with van der Waals surface area (Å²) in [7, 11) is 1.84. The number of nitrogens with zero attached hydrogens (tertiary/aromatic N) is 1. The molecule has 0 aromatic heterocycles. The molecule has 1 saturated carbocycles. The molecule has 1 aliphatic heterocycles. The number of benzene rings is 2. The van der Waals surface area contributed by atoms with E-state index in [4.69, 9.17) is 5.73 Å². The number of carbonyl (C=O) groups excluding carboxylic acids is 3. The highest BCUT2D eigenvalue weighted by atomic mass is 32.2. The summed E-state index contributed by atoms with van der Waals surface area (Å²) in [6, 6.07) is 10.2. The molecular weight excluding hydrogens is 410 g/mol. The molecule has 1 fully saturated rings. The Bertz CT molecular complexity index is 1030. The second-order valence-electron chi connectivity index (χ2n) is 8.36. The number of amides is 3. The molecule has 3 N–H and O–H groups in total. The van der Waals surface area contributed by atoms with Crippen molar-refractivity contribution in [1.29, 1.82) is 0 Å². The minimum absolute atomic E-state index is 0.0341. The molecule has 0 bridgehead atoms. The molecule has 162 valence electrons. The second-order valence-corrected chi connectivity index (χ2v) is 9.45. The average Bonchev–Trinajstić information content (AvgIpc) is 2.92. The zero-order chi connectivity index (χ0) is 22.0. The van der Waals surface area contributed by atoms with Crippen molar-refractivity contribution in [3.63, 3.8) is 0 Å². The summed E-state index contributed by atoms with van der Waals surface area (Å²) >= 11 is 1.40. The number of fused-ring (bicyclic) bond motifs is 2. The number of anilines is 1. The van der Waals surface area contributed by atoms with Gasteiger partial charge in [0.05, 0.1) is 11.3 Å². The molecule has 7 heteroatoms. The summed E-state index contributed by atoms with van der Waals surface area (Å²) in [5, 5.41) is 2.84. The fourth-order valence-corrected chi connectivity index (χ4v) is 5.33. The zero-order valence-corrected chi connectivity index (χ0v) is 18.5. The molecule has 2 aromatic rings. The largest absolute Gasteiger partial charge is 0.366 e. The fourth-order valence-electron chi connectivity index (χ4n) is 4.28. The molecule has 6 nitrogen and oxygen atoms in total. The number of hydrogen-bond acceptors (Lipinski definition) is 4. The van der Waals surface area contributed by atoms with E-state index in [1.54, 1.807) is 41.3 Å². The fraction of sp³-hybridized carbons (Fsp3) is 0.375. The Morgan fingerprint density at radius 1 is 1.06 bits per heavy atom. The van der Waals surface area contributed by atoms with Gasteiger partial charge in [-0.15, -0.1) is 0 Å². The molecule has 1 heterocycles. The van der Waals surface area contributed by atoms with E-state index in [0.717, 1.165) is 28.7 Å². The standard InChI is InChI=1S/C24H27N3O3S/c1-27(12-11-15-5-3-2-4-6-15)24(30)17-7-9-18-21(14-17)31-20-10-8-16(22(25)28)13-19(20)26-23(18)29/h7-10,13-15H,2-6,11-12H2,1H3,(H2,25,28)(H,26,29). The molecular formula is C24H27N3O3S. The van der Waals surface area contributed by atoms with Crippen molar-refractivity contribution in [2.45, 2.75) is 48.3 Å². The summed E-state index contributed by atoms with van der Waals surface area (Å²) in [6.07, 6.45) is 7.51. The minimum atomic E-state index is -0.548. The minimum Gasteiger partial charge on any atom is -0.366 e. The van der Waals surface area contributed by atoms with Crippen molar-refractivity contribution in [2.75, 3.05) is 18.9 Å². The highest BCUT2D eigenvalue weighted by Gasteiger charge is 2.23. The first-order valence-corrected chi connectivity index (χ1v) is 11.6. The molecule has 2 aliphatic rings. The van der Waals surface area contributed by atoms with Crippen LogP contribution in [0.5, 0.6) is 0 Å². The van der Waals surface area contributed by atoms with Crippen molar-refractivity contribution in [3.05, 3.63) is 53.1 Å². The van der Waals surface area contributed by atoms with Crippen LogP contribution < -0.4 is 11.1 Å². The number of primary amides is 1. The van der Waals surface area contributed by atoms with Gasteiger partial charge in [0.25, 0.3) is 11.8 Å². The van der Waals surface area contributed by atoms with Gasteiger partial charge in [0, 0.05) is 34.5 Å². The normalized spacial score (nSPS) is 16.0. The highest BCUT2D eigenvalue weighted by Crippen LogP contribution is 2.39. The van der Waals surface area contributed by atoms with Crippen LogP contribution in [-0.4, -0.2) is 36.2 Å². The van der Waals surface area contributed by atoms with Crippen LogP contribution in [0.1, 0.15) is 69.6 Å². The number of carbonyl (C=O) groups is 3. The van der Waals surface area contributed by atoms with Crippen LogP contribution in [0.4, 0.5) is 5.69 Å². The number of nitrogens with two attached hydrogens (primary N) is 1. The van der Waals surface area contributed by atoms with Crippen LogP contribution in [0.25, 0.3) is 0 Å². The Balaban J connectivity index is 1.52. The van der Waals surface area contributed by atoms with Gasteiger partial charge in [-0.1, -0.05) is 43.9 Å². The van der Waals surface area contributed by atoms with E-state index in [0.29, 0.717) is 22.4 Å². The van der Waals surface area contributed by atoms with E-state index in [9.17, 15) is 14.4 Å². The molecule has 3 amide bonds. The summed E-state index contributed by atoms with van der Waals surface area (Å²) in [5.74, 6) is -0.134. The predicted molar refractivity (Wildman–Crippen MR) is 122 cm³/mol. The Morgan fingerprint density at radius 3 is 2.55 bits per heavy atom. The van der Waals surface area contributed by atoms with Gasteiger partial charge in [-0.3, -0.25) is 14.4 Å². The van der Waals surface area contributed by atoms with Gasteiger partial charge in [-0.2, -0.15) is 0 Å². The summed E-state index contributed by atoms with van der Waals surface area (Å²) in [6.45, 7) is 0.743. The lowest BCUT2D eigenvalue weighted by Crippen LogP contribution is -2.29.